The molecule has 5 nitrogen and oxygen atoms in total. The summed E-state index contributed by atoms with van der Waals surface area (Å²) in [5, 5.41) is 7.60. The van der Waals surface area contributed by atoms with Crippen molar-refractivity contribution in [3.63, 3.8) is 0 Å². The molecule has 0 aromatic carbocycles. The average molecular weight is 283 g/mol. The Balaban J connectivity index is 2.79. The summed E-state index contributed by atoms with van der Waals surface area (Å²) in [4.78, 5) is 4.47. The highest BCUT2D eigenvalue weighted by Gasteiger charge is 2.29. The standard InChI is InChI=1S/C15H29N3O2/c1-8-9-16-11(14(2,3)4)10-12-17-13(18-20-12)15(5,6)19-7/h11,16H,8-10H2,1-7H3. The van der Waals surface area contributed by atoms with E-state index in [0.29, 0.717) is 17.8 Å². The van der Waals surface area contributed by atoms with Crippen LogP contribution in [0.3, 0.4) is 0 Å². The summed E-state index contributed by atoms with van der Waals surface area (Å²) < 4.78 is 10.8. The molecule has 116 valence electrons. The highest BCUT2D eigenvalue weighted by Crippen LogP contribution is 2.24. The first-order chi connectivity index (χ1) is 9.20. The summed E-state index contributed by atoms with van der Waals surface area (Å²) >= 11 is 0. The monoisotopic (exact) mass is 283 g/mol. The fourth-order valence-electron chi connectivity index (χ4n) is 1.85. The molecule has 0 aliphatic carbocycles. The van der Waals surface area contributed by atoms with Crippen molar-refractivity contribution in [1.82, 2.24) is 15.5 Å². The minimum atomic E-state index is -0.518. The quantitative estimate of drug-likeness (QED) is 0.833. The normalized spacial score (nSPS) is 14.6. The molecular formula is C15H29N3O2. The van der Waals surface area contributed by atoms with Gasteiger partial charge in [0.1, 0.15) is 5.60 Å². The molecule has 0 aliphatic heterocycles. The molecule has 5 heteroatoms. The van der Waals surface area contributed by atoms with Gasteiger partial charge in [0.25, 0.3) is 0 Å². The summed E-state index contributed by atoms with van der Waals surface area (Å²) in [6.45, 7) is 13.7. The van der Waals surface area contributed by atoms with Crippen LogP contribution in [0.15, 0.2) is 4.52 Å². The Labute approximate surface area is 122 Å². The molecule has 1 rings (SSSR count). The topological polar surface area (TPSA) is 60.2 Å². The molecule has 0 amide bonds. The van der Waals surface area contributed by atoms with Crippen LogP contribution >= 0.6 is 0 Å². The summed E-state index contributed by atoms with van der Waals surface area (Å²) in [5.74, 6) is 1.26. The van der Waals surface area contributed by atoms with Crippen molar-refractivity contribution < 1.29 is 9.26 Å². The molecule has 1 heterocycles. The smallest absolute Gasteiger partial charge is 0.228 e. The number of hydrogen-bond donors (Lipinski definition) is 1. The molecule has 1 atom stereocenters. The lowest BCUT2D eigenvalue weighted by Gasteiger charge is -2.30. The van der Waals surface area contributed by atoms with E-state index in [1.165, 1.54) is 0 Å². The van der Waals surface area contributed by atoms with Gasteiger partial charge in [0.2, 0.25) is 11.7 Å². The molecule has 1 N–H and O–H groups in total. The van der Waals surface area contributed by atoms with Gasteiger partial charge in [0.15, 0.2) is 0 Å². The average Bonchev–Trinajstić information content (AvgIpc) is 2.82. The van der Waals surface area contributed by atoms with Gasteiger partial charge in [-0.15, -0.1) is 0 Å². The lowest BCUT2D eigenvalue weighted by atomic mass is 9.84. The van der Waals surface area contributed by atoms with Gasteiger partial charge in [-0.05, 0) is 32.2 Å². The van der Waals surface area contributed by atoms with E-state index in [9.17, 15) is 0 Å². The van der Waals surface area contributed by atoms with E-state index in [0.717, 1.165) is 19.4 Å². The summed E-state index contributed by atoms with van der Waals surface area (Å²) in [5.41, 5.74) is -0.379. The maximum atomic E-state index is 5.38. The van der Waals surface area contributed by atoms with Gasteiger partial charge in [-0.1, -0.05) is 32.9 Å². The van der Waals surface area contributed by atoms with Crippen LogP contribution in [0.2, 0.25) is 0 Å². The van der Waals surface area contributed by atoms with E-state index in [-0.39, 0.29) is 5.41 Å². The number of nitrogens with one attached hydrogen (secondary N) is 1. The maximum Gasteiger partial charge on any atom is 0.228 e. The van der Waals surface area contributed by atoms with Gasteiger partial charge in [0.05, 0.1) is 0 Å². The Morgan fingerprint density at radius 2 is 1.90 bits per heavy atom. The zero-order valence-electron chi connectivity index (χ0n) is 13.9. The number of rotatable bonds is 7. The number of hydrogen-bond acceptors (Lipinski definition) is 5. The van der Waals surface area contributed by atoms with Crippen LogP contribution < -0.4 is 5.32 Å². The van der Waals surface area contributed by atoms with E-state index >= 15 is 0 Å². The fraction of sp³-hybridized carbons (Fsp3) is 0.867. The van der Waals surface area contributed by atoms with Crippen molar-refractivity contribution in [2.24, 2.45) is 5.41 Å². The van der Waals surface area contributed by atoms with E-state index in [1.807, 2.05) is 13.8 Å². The van der Waals surface area contributed by atoms with Gasteiger partial charge >= 0.3 is 0 Å². The zero-order chi connectivity index (χ0) is 15.4. The molecule has 1 unspecified atom stereocenters. The predicted octanol–water partition coefficient (Wildman–Crippen LogP) is 2.91. The van der Waals surface area contributed by atoms with Crippen LogP contribution in [0.1, 0.15) is 59.7 Å². The summed E-state index contributed by atoms with van der Waals surface area (Å²) in [6, 6.07) is 0.307. The molecule has 1 aromatic heterocycles. The van der Waals surface area contributed by atoms with E-state index in [4.69, 9.17) is 9.26 Å². The highest BCUT2D eigenvalue weighted by molar-refractivity contribution is 4.99. The summed E-state index contributed by atoms with van der Waals surface area (Å²) in [6.07, 6.45) is 1.84. The van der Waals surface area contributed by atoms with Crippen molar-refractivity contribution in [2.75, 3.05) is 13.7 Å². The third kappa shape index (κ3) is 4.56. The van der Waals surface area contributed by atoms with Crippen molar-refractivity contribution in [1.29, 1.82) is 0 Å². The first kappa shape index (κ1) is 17.1. The van der Waals surface area contributed by atoms with Gasteiger partial charge in [0, 0.05) is 19.6 Å². The van der Waals surface area contributed by atoms with Gasteiger partial charge in [-0.3, -0.25) is 0 Å². The second-order valence-corrected chi connectivity index (χ2v) is 6.80. The molecule has 0 bridgehead atoms. The van der Waals surface area contributed by atoms with E-state index < -0.39 is 5.60 Å². The second-order valence-electron chi connectivity index (χ2n) is 6.80. The highest BCUT2D eigenvalue weighted by atomic mass is 16.5. The van der Waals surface area contributed by atoms with Gasteiger partial charge in [-0.25, -0.2) is 0 Å². The number of nitrogens with zero attached hydrogens (tertiary/aromatic N) is 2. The van der Waals surface area contributed by atoms with Crippen molar-refractivity contribution in [3.05, 3.63) is 11.7 Å². The summed E-state index contributed by atoms with van der Waals surface area (Å²) in [7, 11) is 1.65. The molecule has 0 radical (unpaired) electrons. The van der Waals surface area contributed by atoms with Crippen LogP contribution in [-0.4, -0.2) is 29.8 Å². The largest absolute Gasteiger partial charge is 0.371 e. The first-order valence-corrected chi connectivity index (χ1v) is 7.32. The fourth-order valence-corrected chi connectivity index (χ4v) is 1.85. The molecule has 0 spiro atoms. The first-order valence-electron chi connectivity index (χ1n) is 7.32. The van der Waals surface area contributed by atoms with Crippen molar-refractivity contribution in [2.45, 2.75) is 66.0 Å². The number of ether oxygens (including phenoxy) is 1. The Bertz CT molecular complexity index is 407. The molecule has 20 heavy (non-hydrogen) atoms. The number of aromatic nitrogens is 2. The van der Waals surface area contributed by atoms with Crippen molar-refractivity contribution >= 4 is 0 Å². The van der Waals surface area contributed by atoms with Crippen LogP contribution in [0.4, 0.5) is 0 Å². The Kier molecular flexibility index (Phi) is 5.71. The predicted molar refractivity (Wildman–Crippen MR) is 79.6 cm³/mol. The maximum absolute atomic E-state index is 5.38. The Morgan fingerprint density at radius 3 is 2.40 bits per heavy atom. The van der Waals surface area contributed by atoms with E-state index in [1.54, 1.807) is 7.11 Å². The van der Waals surface area contributed by atoms with Crippen LogP contribution in [0, 0.1) is 5.41 Å². The van der Waals surface area contributed by atoms with E-state index in [2.05, 4.69) is 43.2 Å². The van der Waals surface area contributed by atoms with Crippen molar-refractivity contribution in [3.8, 4) is 0 Å². The third-order valence-corrected chi connectivity index (χ3v) is 3.58. The minimum absolute atomic E-state index is 0.139. The minimum Gasteiger partial charge on any atom is -0.371 e. The van der Waals surface area contributed by atoms with Crippen LogP contribution in [0.25, 0.3) is 0 Å². The van der Waals surface area contributed by atoms with Gasteiger partial charge in [-0.2, -0.15) is 4.98 Å². The molecular weight excluding hydrogens is 254 g/mol. The number of methoxy groups -OCH3 is 1. The van der Waals surface area contributed by atoms with Gasteiger partial charge < -0.3 is 14.6 Å². The lowest BCUT2D eigenvalue weighted by molar-refractivity contribution is 0.00973. The molecule has 1 aromatic rings. The Hall–Kier alpha value is -0.940. The van der Waals surface area contributed by atoms with Crippen LogP contribution in [-0.2, 0) is 16.8 Å². The van der Waals surface area contributed by atoms with Crippen LogP contribution in [0.5, 0.6) is 0 Å². The molecule has 0 fully saturated rings. The molecule has 0 saturated heterocycles. The molecule has 0 aliphatic rings. The Morgan fingerprint density at radius 1 is 1.25 bits per heavy atom. The SMILES string of the molecule is CCCNC(Cc1nc(C(C)(C)OC)no1)C(C)(C)C. The molecule has 0 saturated carbocycles. The lowest BCUT2D eigenvalue weighted by Crippen LogP contribution is -2.42. The zero-order valence-corrected chi connectivity index (χ0v) is 13.9. The third-order valence-electron chi connectivity index (χ3n) is 3.58. The second kappa shape index (κ2) is 6.68.